The third kappa shape index (κ3) is 2.33. The van der Waals surface area contributed by atoms with Crippen molar-refractivity contribution < 1.29 is 12.8 Å². The quantitative estimate of drug-likeness (QED) is 0.440. The zero-order chi connectivity index (χ0) is 19.5. The van der Waals surface area contributed by atoms with Crippen molar-refractivity contribution in [2.75, 3.05) is 4.31 Å². The fourth-order valence-corrected chi connectivity index (χ4v) is 5.46. The molecule has 4 nitrogen and oxygen atoms in total. The Hall–Kier alpha value is -3.05. The Morgan fingerprint density at radius 3 is 2.36 bits per heavy atom. The van der Waals surface area contributed by atoms with Gasteiger partial charge in [-0.3, -0.25) is 0 Å². The molecule has 0 spiro atoms. The Morgan fingerprint density at radius 2 is 1.57 bits per heavy atom. The highest BCUT2D eigenvalue weighted by Crippen LogP contribution is 2.51. The average Bonchev–Trinajstić information content (AvgIpc) is 3.08. The SMILES string of the molecule is Cc1ccc(S(=O)(=O)N2c3ccccc3[C@@H](C)c3oc4ccccc4c32)cc1. The Bertz CT molecular complexity index is 1300. The molecule has 1 atom stereocenters. The van der Waals surface area contributed by atoms with Crippen LogP contribution in [0.1, 0.15) is 29.7 Å². The molecule has 1 aliphatic rings. The Morgan fingerprint density at radius 1 is 0.893 bits per heavy atom. The lowest BCUT2D eigenvalue weighted by molar-refractivity contribution is 0.529. The third-order valence-electron chi connectivity index (χ3n) is 5.37. The largest absolute Gasteiger partial charge is 0.458 e. The molecule has 0 saturated heterocycles. The molecule has 28 heavy (non-hydrogen) atoms. The number of rotatable bonds is 2. The number of aryl methyl sites for hydroxylation is 1. The second kappa shape index (κ2) is 5.97. The van der Waals surface area contributed by atoms with Crippen LogP contribution in [0.5, 0.6) is 0 Å². The molecule has 0 N–H and O–H groups in total. The molecule has 2 heterocycles. The van der Waals surface area contributed by atoms with Crippen LogP contribution in [0, 0.1) is 6.92 Å². The van der Waals surface area contributed by atoms with E-state index in [1.54, 1.807) is 12.1 Å². The van der Waals surface area contributed by atoms with Crippen LogP contribution >= 0.6 is 0 Å². The van der Waals surface area contributed by atoms with Crippen LogP contribution in [-0.2, 0) is 10.0 Å². The molecule has 3 aromatic carbocycles. The smallest absolute Gasteiger partial charge is 0.268 e. The first-order valence-electron chi connectivity index (χ1n) is 9.21. The monoisotopic (exact) mass is 389 g/mol. The van der Waals surface area contributed by atoms with Crippen molar-refractivity contribution in [3.63, 3.8) is 0 Å². The third-order valence-corrected chi connectivity index (χ3v) is 7.10. The highest BCUT2D eigenvalue weighted by atomic mass is 32.2. The molecule has 0 radical (unpaired) electrons. The second-order valence-electron chi connectivity index (χ2n) is 7.17. The van der Waals surface area contributed by atoms with Crippen molar-refractivity contribution in [1.29, 1.82) is 0 Å². The van der Waals surface area contributed by atoms with E-state index < -0.39 is 10.0 Å². The summed E-state index contributed by atoms with van der Waals surface area (Å²) in [6.45, 7) is 3.99. The molecule has 1 aromatic heterocycles. The summed E-state index contributed by atoms with van der Waals surface area (Å²) in [7, 11) is -3.82. The maximum Gasteiger partial charge on any atom is 0.268 e. The van der Waals surface area contributed by atoms with Gasteiger partial charge in [-0.05, 0) is 42.8 Å². The number of furan rings is 1. The Balaban J connectivity index is 1.85. The van der Waals surface area contributed by atoms with E-state index in [9.17, 15) is 8.42 Å². The van der Waals surface area contributed by atoms with E-state index in [1.165, 1.54) is 4.31 Å². The topological polar surface area (TPSA) is 50.5 Å². The van der Waals surface area contributed by atoms with E-state index >= 15 is 0 Å². The summed E-state index contributed by atoms with van der Waals surface area (Å²) < 4.78 is 35.1. The van der Waals surface area contributed by atoms with Crippen molar-refractivity contribution in [2.24, 2.45) is 0 Å². The van der Waals surface area contributed by atoms with Gasteiger partial charge in [-0.1, -0.05) is 55.0 Å². The van der Waals surface area contributed by atoms with Gasteiger partial charge in [0.25, 0.3) is 10.0 Å². The van der Waals surface area contributed by atoms with Gasteiger partial charge in [0.2, 0.25) is 0 Å². The van der Waals surface area contributed by atoms with Crippen molar-refractivity contribution in [2.45, 2.75) is 24.7 Å². The average molecular weight is 389 g/mol. The minimum Gasteiger partial charge on any atom is -0.458 e. The van der Waals surface area contributed by atoms with E-state index in [0.717, 1.165) is 16.5 Å². The van der Waals surface area contributed by atoms with Gasteiger partial charge < -0.3 is 4.42 Å². The minimum absolute atomic E-state index is 0.0388. The zero-order valence-corrected chi connectivity index (χ0v) is 16.4. The van der Waals surface area contributed by atoms with E-state index in [2.05, 4.69) is 6.92 Å². The first-order chi connectivity index (χ1) is 13.5. The van der Waals surface area contributed by atoms with Crippen molar-refractivity contribution in [1.82, 2.24) is 0 Å². The molecule has 4 aromatic rings. The highest BCUT2D eigenvalue weighted by Gasteiger charge is 2.39. The number of nitrogens with zero attached hydrogens (tertiary/aromatic N) is 1. The molecule has 0 bridgehead atoms. The summed E-state index contributed by atoms with van der Waals surface area (Å²) >= 11 is 0. The fourth-order valence-electron chi connectivity index (χ4n) is 3.92. The molecule has 1 aliphatic heterocycles. The lowest BCUT2D eigenvalue weighted by Gasteiger charge is -2.32. The maximum absolute atomic E-state index is 13.8. The lowest BCUT2D eigenvalue weighted by Crippen LogP contribution is -2.30. The van der Waals surface area contributed by atoms with Crippen LogP contribution in [0.3, 0.4) is 0 Å². The standard InChI is InChI=1S/C23H19NO3S/c1-15-11-13-17(14-12-15)28(25,26)24-20-9-5-3-7-18(20)16(2)23-22(24)19-8-4-6-10-21(19)27-23/h3-14,16H,1-2H3/t16-/m1/s1. The lowest BCUT2D eigenvalue weighted by atomic mass is 9.92. The molecule has 0 unspecified atom stereocenters. The molecule has 5 rings (SSSR count). The van der Waals surface area contributed by atoms with Crippen LogP contribution in [0.2, 0.25) is 0 Å². The van der Waals surface area contributed by atoms with Crippen molar-refractivity contribution in [3.8, 4) is 0 Å². The fraction of sp³-hybridized carbons (Fsp3) is 0.130. The Labute approximate surface area is 164 Å². The molecule has 140 valence electrons. The summed E-state index contributed by atoms with van der Waals surface area (Å²) in [4.78, 5) is 0.263. The molecular weight excluding hydrogens is 370 g/mol. The number of benzene rings is 3. The van der Waals surface area contributed by atoms with Crippen LogP contribution < -0.4 is 4.31 Å². The van der Waals surface area contributed by atoms with Gasteiger partial charge in [0.15, 0.2) is 0 Å². The number of anilines is 2. The number of hydrogen-bond acceptors (Lipinski definition) is 3. The van der Waals surface area contributed by atoms with Gasteiger partial charge in [-0.15, -0.1) is 0 Å². The summed E-state index contributed by atoms with van der Waals surface area (Å²) in [6.07, 6.45) is 0. The van der Waals surface area contributed by atoms with Crippen molar-refractivity contribution in [3.05, 3.63) is 89.7 Å². The van der Waals surface area contributed by atoms with E-state index in [4.69, 9.17) is 4.42 Å². The minimum atomic E-state index is -3.82. The number of para-hydroxylation sites is 2. The van der Waals surface area contributed by atoms with Gasteiger partial charge in [0.05, 0.1) is 10.6 Å². The van der Waals surface area contributed by atoms with Gasteiger partial charge in [-0.2, -0.15) is 0 Å². The molecule has 0 amide bonds. The second-order valence-corrected chi connectivity index (χ2v) is 8.96. The molecule has 0 saturated carbocycles. The van der Waals surface area contributed by atoms with E-state index in [-0.39, 0.29) is 10.8 Å². The van der Waals surface area contributed by atoms with Gasteiger partial charge in [0.1, 0.15) is 17.0 Å². The first-order valence-corrected chi connectivity index (χ1v) is 10.6. The van der Waals surface area contributed by atoms with Crippen LogP contribution in [0.15, 0.2) is 82.1 Å². The number of sulfonamides is 1. The zero-order valence-electron chi connectivity index (χ0n) is 15.6. The summed E-state index contributed by atoms with van der Waals surface area (Å²) in [5.74, 6) is 0.638. The summed E-state index contributed by atoms with van der Waals surface area (Å²) in [6, 6.07) is 22.2. The number of hydrogen-bond donors (Lipinski definition) is 0. The summed E-state index contributed by atoms with van der Waals surface area (Å²) in [5.41, 5.74) is 3.93. The van der Waals surface area contributed by atoms with Gasteiger partial charge in [0, 0.05) is 11.3 Å². The predicted molar refractivity (Wildman–Crippen MR) is 111 cm³/mol. The maximum atomic E-state index is 13.8. The van der Waals surface area contributed by atoms with Crippen molar-refractivity contribution >= 4 is 32.4 Å². The highest BCUT2D eigenvalue weighted by molar-refractivity contribution is 7.93. The van der Waals surface area contributed by atoms with E-state index in [1.807, 2.05) is 67.6 Å². The first kappa shape index (κ1) is 17.1. The molecule has 0 aliphatic carbocycles. The Kier molecular flexibility index (Phi) is 3.64. The molecular formula is C23H19NO3S. The van der Waals surface area contributed by atoms with Gasteiger partial charge in [-0.25, -0.2) is 12.7 Å². The van der Waals surface area contributed by atoms with E-state index in [0.29, 0.717) is 22.7 Å². The molecule has 5 heteroatoms. The number of fused-ring (bicyclic) bond motifs is 4. The predicted octanol–water partition coefficient (Wildman–Crippen LogP) is 5.73. The normalized spacial score (nSPS) is 16.1. The van der Waals surface area contributed by atoms with Gasteiger partial charge >= 0.3 is 0 Å². The van der Waals surface area contributed by atoms with Crippen LogP contribution in [-0.4, -0.2) is 8.42 Å². The van der Waals surface area contributed by atoms with Crippen LogP contribution in [0.4, 0.5) is 11.4 Å². The summed E-state index contributed by atoms with van der Waals surface area (Å²) in [5, 5.41) is 0.800. The van der Waals surface area contributed by atoms with Crippen LogP contribution in [0.25, 0.3) is 11.0 Å². The molecule has 0 fully saturated rings.